The van der Waals surface area contributed by atoms with Gasteiger partial charge in [0.05, 0.1) is 25.2 Å². The molecule has 2 amide bonds. The minimum atomic E-state index is -0.334. The van der Waals surface area contributed by atoms with E-state index < -0.39 is 0 Å². The summed E-state index contributed by atoms with van der Waals surface area (Å²) < 4.78 is 10.6. The maximum atomic E-state index is 11.7. The summed E-state index contributed by atoms with van der Waals surface area (Å²) in [7, 11) is 3.08. The van der Waals surface area contributed by atoms with Gasteiger partial charge in [-0.3, -0.25) is 14.5 Å². The lowest BCUT2D eigenvalue weighted by molar-refractivity contribution is -0.137. The lowest BCUT2D eigenvalue weighted by Gasteiger charge is -2.15. The summed E-state index contributed by atoms with van der Waals surface area (Å²) in [6.45, 7) is 0.198. The number of amides is 2. The van der Waals surface area contributed by atoms with E-state index in [0.717, 1.165) is 10.5 Å². The number of nitrogens with zero attached hydrogens (tertiary/aromatic N) is 1. The van der Waals surface area contributed by atoms with Crippen LogP contribution >= 0.6 is 15.9 Å². The molecule has 6 heteroatoms. The van der Waals surface area contributed by atoms with Crippen LogP contribution in [0.4, 0.5) is 0 Å². The summed E-state index contributed by atoms with van der Waals surface area (Å²) in [5, 5.41) is 0. The van der Waals surface area contributed by atoms with E-state index in [4.69, 9.17) is 9.47 Å². The van der Waals surface area contributed by atoms with Crippen LogP contribution in [0.1, 0.15) is 5.56 Å². The Balaban J connectivity index is 2.21. The number of carbonyl (C=O) groups is 2. The van der Waals surface area contributed by atoms with Gasteiger partial charge >= 0.3 is 0 Å². The fraction of sp³-hybridized carbons (Fsp3) is 0.231. The molecule has 0 radical (unpaired) electrons. The van der Waals surface area contributed by atoms with Crippen LogP contribution in [0, 0.1) is 0 Å². The van der Waals surface area contributed by atoms with Crippen molar-refractivity contribution in [2.75, 3.05) is 14.2 Å². The molecule has 0 spiro atoms. The van der Waals surface area contributed by atoms with Gasteiger partial charge in [-0.05, 0) is 33.6 Å². The first kappa shape index (κ1) is 13.6. The third-order valence-corrected chi connectivity index (χ3v) is 3.32. The molecule has 0 fully saturated rings. The molecule has 0 atom stereocenters. The maximum absolute atomic E-state index is 11.7. The van der Waals surface area contributed by atoms with Crippen molar-refractivity contribution in [3.05, 3.63) is 34.3 Å². The first-order chi connectivity index (χ1) is 9.06. The number of halogens is 1. The lowest BCUT2D eigenvalue weighted by Crippen LogP contribution is -2.29. The van der Waals surface area contributed by atoms with Gasteiger partial charge in [0.1, 0.15) is 0 Å². The quantitative estimate of drug-likeness (QED) is 0.793. The standard InChI is InChI=1S/C13H12BrNO4/c1-18-10-4-3-8(5-11(10)19-2)7-15-12(16)6-9(14)13(15)17/h3-6H,7H2,1-2H3. The smallest absolute Gasteiger partial charge is 0.268 e. The van der Waals surface area contributed by atoms with E-state index in [2.05, 4.69) is 15.9 Å². The molecule has 0 N–H and O–H groups in total. The van der Waals surface area contributed by atoms with Gasteiger partial charge in [0.25, 0.3) is 11.8 Å². The van der Waals surface area contributed by atoms with Crippen molar-refractivity contribution in [1.29, 1.82) is 0 Å². The molecule has 0 saturated carbocycles. The number of rotatable bonds is 4. The van der Waals surface area contributed by atoms with Gasteiger partial charge < -0.3 is 9.47 Å². The largest absolute Gasteiger partial charge is 0.493 e. The second-order valence-electron chi connectivity index (χ2n) is 3.91. The average Bonchev–Trinajstić information content (AvgIpc) is 2.65. The van der Waals surface area contributed by atoms with E-state index in [1.807, 2.05) is 0 Å². The molecular formula is C13H12BrNO4. The molecule has 1 heterocycles. The topological polar surface area (TPSA) is 55.8 Å². The zero-order valence-electron chi connectivity index (χ0n) is 10.5. The van der Waals surface area contributed by atoms with Crippen molar-refractivity contribution in [3.63, 3.8) is 0 Å². The Hall–Kier alpha value is -1.82. The third kappa shape index (κ3) is 2.63. The number of benzene rings is 1. The van der Waals surface area contributed by atoms with Gasteiger partial charge in [0, 0.05) is 6.08 Å². The number of carbonyl (C=O) groups excluding carboxylic acids is 2. The highest BCUT2D eigenvalue weighted by atomic mass is 79.9. The minimum absolute atomic E-state index is 0.198. The predicted molar refractivity (Wildman–Crippen MR) is 72.1 cm³/mol. The molecule has 1 aliphatic rings. The average molecular weight is 326 g/mol. The van der Waals surface area contributed by atoms with Crippen molar-refractivity contribution < 1.29 is 19.1 Å². The normalized spacial score (nSPS) is 14.7. The van der Waals surface area contributed by atoms with Gasteiger partial charge in [-0.2, -0.15) is 0 Å². The second-order valence-corrected chi connectivity index (χ2v) is 4.77. The highest BCUT2D eigenvalue weighted by Gasteiger charge is 2.29. The van der Waals surface area contributed by atoms with Gasteiger partial charge in [-0.25, -0.2) is 0 Å². The molecule has 2 rings (SSSR count). The summed E-state index contributed by atoms with van der Waals surface area (Å²) in [4.78, 5) is 24.5. The number of ether oxygens (including phenoxy) is 2. The number of methoxy groups -OCH3 is 2. The van der Waals surface area contributed by atoms with E-state index in [9.17, 15) is 9.59 Å². The van der Waals surface area contributed by atoms with Crippen molar-refractivity contribution in [3.8, 4) is 11.5 Å². The Morgan fingerprint density at radius 1 is 1.16 bits per heavy atom. The van der Waals surface area contributed by atoms with E-state index in [0.29, 0.717) is 11.5 Å². The molecule has 0 unspecified atom stereocenters. The zero-order chi connectivity index (χ0) is 14.0. The van der Waals surface area contributed by atoms with Crippen LogP contribution in [0.5, 0.6) is 11.5 Å². The van der Waals surface area contributed by atoms with Gasteiger partial charge in [-0.1, -0.05) is 6.07 Å². The van der Waals surface area contributed by atoms with Crippen LogP contribution in [0.3, 0.4) is 0 Å². The molecule has 0 saturated heterocycles. The molecular weight excluding hydrogens is 314 g/mol. The predicted octanol–water partition coefficient (Wildman–Crippen LogP) is 1.85. The molecule has 100 valence electrons. The SMILES string of the molecule is COc1ccc(CN2C(=O)C=C(Br)C2=O)cc1OC. The molecule has 1 aromatic carbocycles. The van der Waals surface area contributed by atoms with E-state index in [1.54, 1.807) is 25.3 Å². The highest BCUT2D eigenvalue weighted by Crippen LogP contribution is 2.29. The Morgan fingerprint density at radius 3 is 2.37 bits per heavy atom. The molecule has 0 aromatic heterocycles. The van der Waals surface area contributed by atoms with Crippen LogP contribution in [0.25, 0.3) is 0 Å². The van der Waals surface area contributed by atoms with Crippen LogP contribution in [-0.4, -0.2) is 30.9 Å². The first-order valence-corrected chi connectivity index (χ1v) is 6.30. The lowest BCUT2D eigenvalue weighted by atomic mass is 10.2. The summed E-state index contributed by atoms with van der Waals surface area (Å²) in [5.74, 6) is 0.502. The molecule has 0 bridgehead atoms. The Labute approximate surface area is 118 Å². The summed E-state index contributed by atoms with van der Waals surface area (Å²) in [5.41, 5.74) is 0.787. The monoisotopic (exact) mass is 325 g/mol. The van der Waals surface area contributed by atoms with Crippen molar-refractivity contribution in [1.82, 2.24) is 4.90 Å². The zero-order valence-corrected chi connectivity index (χ0v) is 12.1. The number of hydrogen-bond acceptors (Lipinski definition) is 4. The Morgan fingerprint density at radius 2 is 1.84 bits per heavy atom. The molecule has 1 aliphatic heterocycles. The van der Waals surface area contributed by atoms with Crippen LogP contribution < -0.4 is 9.47 Å². The number of hydrogen-bond donors (Lipinski definition) is 0. The number of imide groups is 1. The second kappa shape index (κ2) is 5.44. The van der Waals surface area contributed by atoms with Gasteiger partial charge in [0.15, 0.2) is 11.5 Å². The molecule has 5 nitrogen and oxygen atoms in total. The van der Waals surface area contributed by atoms with Crippen LogP contribution in [0.15, 0.2) is 28.8 Å². The van der Waals surface area contributed by atoms with Crippen molar-refractivity contribution in [2.24, 2.45) is 0 Å². The van der Waals surface area contributed by atoms with E-state index in [-0.39, 0.29) is 22.8 Å². The first-order valence-electron chi connectivity index (χ1n) is 5.50. The van der Waals surface area contributed by atoms with E-state index in [1.165, 1.54) is 13.2 Å². The van der Waals surface area contributed by atoms with Gasteiger partial charge in [-0.15, -0.1) is 0 Å². The summed E-state index contributed by atoms with van der Waals surface area (Å²) >= 11 is 3.05. The maximum Gasteiger partial charge on any atom is 0.268 e. The Bertz CT molecular complexity index is 568. The third-order valence-electron chi connectivity index (χ3n) is 2.75. The Kier molecular flexibility index (Phi) is 3.90. The van der Waals surface area contributed by atoms with Crippen LogP contribution in [0.2, 0.25) is 0 Å². The van der Waals surface area contributed by atoms with E-state index >= 15 is 0 Å². The highest BCUT2D eigenvalue weighted by molar-refractivity contribution is 9.12. The fourth-order valence-electron chi connectivity index (χ4n) is 1.79. The minimum Gasteiger partial charge on any atom is -0.493 e. The van der Waals surface area contributed by atoms with Gasteiger partial charge in [0.2, 0.25) is 0 Å². The van der Waals surface area contributed by atoms with Crippen molar-refractivity contribution in [2.45, 2.75) is 6.54 Å². The van der Waals surface area contributed by atoms with Crippen molar-refractivity contribution >= 4 is 27.7 Å². The van der Waals surface area contributed by atoms with Crippen LogP contribution in [-0.2, 0) is 16.1 Å². The fourth-order valence-corrected chi connectivity index (χ4v) is 2.20. The molecule has 1 aromatic rings. The summed E-state index contributed by atoms with van der Waals surface area (Å²) in [6, 6.07) is 5.27. The molecule has 0 aliphatic carbocycles. The molecule has 19 heavy (non-hydrogen) atoms. The summed E-state index contributed by atoms with van der Waals surface area (Å²) in [6.07, 6.45) is 1.27.